The van der Waals surface area contributed by atoms with Crippen LogP contribution in [0.25, 0.3) is 0 Å². The number of rotatable bonds is 6. The van der Waals surface area contributed by atoms with Gasteiger partial charge in [-0.15, -0.1) is 0 Å². The van der Waals surface area contributed by atoms with Crippen molar-refractivity contribution >= 4 is 69.0 Å². The third kappa shape index (κ3) is 11.6. The number of hydrogen-bond acceptors (Lipinski definition) is 11. The van der Waals surface area contributed by atoms with Gasteiger partial charge >= 0.3 is 0 Å². The Balaban J connectivity index is 2.41. The van der Waals surface area contributed by atoms with E-state index in [1.54, 1.807) is 26.1 Å². The normalized spacial score (nSPS) is 28.3. The van der Waals surface area contributed by atoms with Crippen LogP contribution in [0.15, 0.2) is 16.8 Å². The summed E-state index contributed by atoms with van der Waals surface area (Å²) in [4.78, 5) is 93.9. The molecule has 244 valence electrons. The third-order valence-corrected chi connectivity index (χ3v) is 9.18. The van der Waals surface area contributed by atoms with E-state index in [4.69, 9.17) is 5.73 Å². The molecule has 8 N–H and O–H groups in total. The molecule has 44 heavy (non-hydrogen) atoms. The highest BCUT2D eigenvalue weighted by molar-refractivity contribution is 8.76. The molecule has 0 aliphatic carbocycles. The number of nitrogens with two attached hydrogens (primary N) is 1. The average Bonchev–Trinajstić information content (AvgIpc) is 3.46. The first-order valence-electron chi connectivity index (χ1n) is 14.1. The van der Waals surface area contributed by atoms with E-state index in [-0.39, 0.29) is 30.3 Å². The second-order valence-corrected chi connectivity index (χ2v) is 13.4. The first-order valence-corrected chi connectivity index (χ1v) is 16.6. The molecule has 2 rings (SSSR count). The van der Waals surface area contributed by atoms with Crippen molar-refractivity contribution < 1.29 is 38.7 Å². The summed E-state index contributed by atoms with van der Waals surface area (Å²) in [7, 11) is 2.21. The standard InChI is InChI=1S/C27H41N7O8S2/c1-13(2)22-27(42)33-19(23(28)38)11-43-44-12-20(30-15(4)36)26(41)32-18(10-35)25(40)31-17(9-16-6-5-7-29-16)21(37)8-14(3)24(39)34-22/h6-7,13-14,17-20,22,35H,5,8-12H2,1-4H3,(H2,28,38)(H,30,36)(H,31,40)(H,32,41)(H,33,42)(H,34,39)/t14-,17+,18+,19+,20+,22+/m1/s1. The lowest BCUT2D eigenvalue weighted by atomic mass is 9.95. The minimum absolute atomic E-state index is 0.00730. The number of ketones is 1. The van der Waals surface area contributed by atoms with Gasteiger partial charge in [0, 0.05) is 55.5 Å². The molecule has 1 fully saturated rings. The number of carbonyl (C=O) groups is 7. The Morgan fingerprint density at radius 2 is 1.66 bits per heavy atom. The zero-order chi connectivity index (χ0) is 33.0. The lowest BCUT2D eigenvalue weighted by molar-refractivity contribution is -0.135. The van der Waals surface area contributed by atoms with Gasteiger partial charge in [-0.3, -0.25) is 38.6 Å². The Morgan fingerprint density at radius 3 is 2.23 bits per heavy atom. The maximum atomic E-state index is 13.4. The average molecular weight is 656 g/mol. The molecule has 0 unspecified atom stereocenters. The molecule has 0 aromatic heterocycles. The molecule has 6 atom stereocenters. The number of nitrogens with one attached hydrogen (secondary N) is 5. The predicted molar refractivity (Wildman–Crippen MR) is 166 cm³/mol. The molecule has 2 aliphatic heterocycles. The minimum Gasteiger partial charge on any atom is -0.394 e. The fourth-order valence-corrected chi connectivity index (χ4v) is 6.57. The van der Waals surface area contributed by atoms with Gasteiger partial charge < -0.3 is 37.4 Å². The molecule has 6 amide bonds. The quantitative estimate of drug-likeness (QED) is 0.160. The molecular formula is C27H41N7O8S2. The summed E-state index contributed by atoms with van der Waals surface area (Å²) in [6.07, 6.45) is 3.66. The van der Waals surface area contributed by atoms with Crippen LogP contribution in [-0.2, 0) is 33.6 Å². The Morgan fingerprint density at radius 1 is 1.00 bits per heavy atom. The molecule has 0 radical (unpaired) electrons. The summed E-state index contributed by atoms with van der Waals surface area (Å²) in [5, 5.41) is 22.6. The molecule has 2 heterocycles. The predicted octanol–water partition coefficient (Wildman–Crippen LogP) is -1.70. The lowest BCUT2D eigenvalue weighted by Gasteiger charge is -2.27. The minimum atomic E-state index is -1.46. The summed E-state index contributed by atoms with van der Waals surface area (Å²) in [6, 6.07) is -5.89. The van der Waals surface area contributed by atoms with E-state index in [1.807, 2.05) is 0 Å². The summed E-state index contributed by atoms with van der Waals surface area (Å²) in [5.41, 5.74) is 6.04. The van der Waals surface area contributed by atoms with Crippen molar-refractivity contribution in [2.24, 2.45) is 22.6 Å². The molecule has 17 heteroatoms. The first-order chi connectivity index (χ1) is 20.7. The topological polar surface area (TPSA) is 238 Å². The van der Waals surface area contributed by atoms with E-state index < -0.39 is 84.0 Å². The fraction of sp³-hybridized carbons (Fsp3) is 0.630. The van der Waals surface area contributed by atoms with Crippen LogP contribution < -0.4 is 32.3 Å². The van der Waals surface area contributed by atoms with Crippen molar-refractivity contribution in [3.8, 4) is 0 Å². The molecule has 1 saturated heterocycles. The Hall–Kier alpha value is -3.44. The number of aliphatic hydroxyl groups excluding tert-OH is 1. The largest absolute Gasteiger partial charge is 0.394 e. The second kappa shape index (κ2) is 17.8. The van der Waals surface area contributed by atoms with Gasteiger partial charge in [0.15, 0.2) is 5.78 Å². The highest BCUT2D eigenvalue weighted by Crippen LogP contribution is 2.23. The van der Waals surface area contributed by atoms with Crippen molar-refractivity contribution in [2.75, 3.05) is 18.1 Å². The molecular weight excluding hydrogens is 614 g/mol. The Kier molecular flexibility index (Phi) is 14.8. The van der Waals surface area contributed by atoms with Gasteiger partial charge in [-0.2, -0.15) is 0 Å². The number of primary amides is 1. The maximum absolute atomic E-state index is 13.4. The Bertz CT molecular complexity index is 1180. The number of hydrogen-bond donors (Lipinski definition) is 7. The van der Waals surface area contributed by atoms with Crippen LogP contribution in [0, 0.1) is 11.8 Å². The van der Waals surface area contributed by atoms with Gasteiger partial charge in [0.05, 0.1) is 12.6 Å². The molecule has 0 aromatic carbocycles. The van der Waals surface area contributed by atoms with Gasteiger partial charge in [0.1, 0.15) is 24.2 Å². The summed E-state index contributed by atoms with van der Waals surface area (Å²) in [6.45, 7) is 5.31. The Labute approximate surface area is 263 Å². The third-order valence-electron chi connectivity index (χ3n) is 6.76. The molecule has 0 bridgehead atoms. The SMILES string of the molecule is CC(=O)N[C@H]1CSSC[C@@H](C(N)=O)NC(=O)[C@H](C(C)C)NC(=O)[C@H](C)CC(=O)[C@H](CC2=CCC=N2)NC(=O)[C@H](CO)NC1=O. The first kappa shape index (κ1) is 36.8. The summed E-state index contributed by atoms with van der Waals surface area (Å²) in [5.74, 6) is -6.00. The van der Waals surface area contributed by atoms with E-state index in [0.717, 1.165) is 21.6 Å². The van der Waals surface area contributed by atoms with Crippen LogP contribution in [0.4, 0.5) is 0 Å². The number of aliphatic imine (C=N–C) groups is 1. The van der Waals surface area contributed by atoms with Crippen molar-refractivity contribution in [3.63, 3.8) is 0 Å². The van der Waals surface area contributed by atoms with E-state index in [0.29, 0.717) is 12.1 Å². The van der Waals surface area contributed by atoms with Crippen LogP contribution in [0.3, 0.4) is 0 Å². The highest BCUT2D eigenvalue weighted by Gasteiger charge is 2.33. The molecule has 15 nitrogen and oxygen atoms in total. The number of aliphatic hydroxyl groups is 1. The number of Topliss-reactive ketones (excluding diaryl/α,β-unsaturated/α-hetero) is 1. The van der Waals surface area contributed by atoms with Crippen LogP contribution in [0.1, 0.15) is 47.0 Å². The molecule has 2 aliphatic rings. The van der Waals surface area contributed by atoms with Gasteiger partial charge in [0.25, 0.3) is 0 Å². The van der Waals surface area contributed by atoms with Gasteiger partial charge in [-0.05, 0) is 5.92 Å². The van der Waals surface area contributed by atoms with Crippen molar-refractivity contribution in [2.45, 2.75) is 77.2 Å². The van der Waals surface area contributed by atoms with E-state index in [1.165, 1.54) is 13.8 Å². The van der Waals surface area contributed by atoms with E-state index >= 15 is 0 Å². The number of carbonyl (C=O) groups excluding carboxylic acids is 7. The fourth-order valence-electron chi connectivity index (χ4n) is 4.22. The highest BCUT2D eigenvalue weighted by atomic mass is 33.1. The van der Waals surface area contributed by atoms with E-state index in [2.05, 4.69) is 31.6 Å². The zero-order valence-electron chi connectivity index (χ0n) is 25.1. The van der Waals surface area contributed by atoms with Gasteiger partial charge in [0.2, 0.25) is 35.4 Å². The summed E-state index contributed by atoms with van der Waals surface area (Å²) >= 11 is 0. The van der Waals surface area contributed by atoms with Crippen LogP contribution in [0.2, 0.25) is 0 Å². The van der Waals surface area contributed by atoms with Crippen molar-refractivity contribution in [3.05, 3.63) is 11.8 Å². The molecule has 0 aromatic rings. The second-order valence-electron chi connectivity index (χ2n) is 10.8. The van der Waals surface area contributed by atoms with Gasteiger partial charge in [-0.25, -0.2) is 0 Å². The number of nitrogens with zero attached hydrogens (tertiary/aromatic N) is 1. The van der Waals surface area contributed by atoms with Gasteiger partial charge in [-0.1, -0.05) is 48.4 Å². The van der Waals surface area contributed by atoms with Crippen LogP contribution >= 0.6 is 21.6 Å². The summed E-state index contributed by atoms with van der Waals surface area (Å²) < 4.78 is 0. The van der Waals surface area contributed by atoms with Crippen LogP contribution in [-0.4, -0.2) is 101 Å². The maximum Gasteiger partial charge on any atom is 0.245 e. The monoisotopic (exact) mass is 655 g/mol. The van der Waals surface area contributed by atoms with Crippen molar-refractivity contribution in [1.82, 2.24) is 26.6 Å². The number of allylic oxidation sites excluding steroid dienone is 1. The lowest BCUT2D eigenvalue weighted by Crippen LogP contribution is -2.57. The van der Waals surface area contributed by atoms with Crippen LogP contribution in [0.5, 0.6) is 0 Å². The smallest absolute Gasteiger partial charge is 0.245 e. The zero-order valence-corrected chi connectivity index (χ0v) is 26.7. The van der Waals surface area contributed by atoms with E-state index in [9.17, 15) is 38.7 Å². The molecule has 0 spiro atoms. The molecule has 0 saturated carbocycles. The number of amides is 6. The van der Waals surface area contributed by atoms with Crippen molar-refractivity contribution in [1.29, 1.82) is 0 Å².